The molecule has 0 spiro atoms. The number of pyridine rings is 1. The third-order valence-electron chi connectivity index (χ3n) is 1.72. The smallest absolute Gasteiger partial charge is 0.241 e. The average molecular weight is 209 g/mol. The van der Waals surface area contributed by atoms with Crippen molar-refractivity contribution in [3.63, 3.8) is 0 Å². The Morgan fingerprint density at radius 3 is 3.07 bits per heavy atom. The molecular formula is C10H15N3O2. The summed E-state index contributed by atoms with van der Waals surface area (Å²) in [4.78, 5) is 15.4. The first-order valence-electron chi connectivity index (χ1n) is 4.79. The Morgan fingerprint density at radius 2 is 2.47 bits per heavy atom. The number of carbonyl (C=O) groups is 1. The van der Waals surface area contributed by atoms with Crippen LogP contribution in [0, 0.1) is 0 Å². The summed E-state index contributed by atoms with van der Waals surface area (Å²) in [6, 6.07) is 2.89. The lowest BCUT2D eigenvalue weighted by molar-refractivity contribution is -0.117. The van der Waals surface area contributed by atoms with E-state index in [0.717, 1.165) is 0 Å². The van der Waals surface area contributed by atoms with Crippen LogP contribution in [0.4, 0.5) is 5.69 Å². The summed E-state index contributed by atoms with van der Waals surface area (Å²) in [6.07, 6.45) is 1.60. The van der Waals surface area contributed by atoms with Gasteiger partial charge in [0.2, 0.25) is 11.8 Å². The second-order valence-corrected chi connectivity index (χ2v) is 3.07. The van der Waals surface area contributed by atoms with Crippen molar-refractivity contribution in [2.24, 2.45) is 5.73 Å². The van der Waals surface area contributed by atoms with Crippen LogP contribution in [0.1, 0.15) is 13.8 Å². The van der Waals surface area contributed by atoms with Gasteiger partial charge >= 0.3 is 0 Å². The van der Waals surface area contributed by atoms with Gasteiger partial charge in [-0.15, -0.1) is 0 Å². The minimum Gasteiger partial charge on any atom is -0.476 e. The fourth-order valence-electron chi connectivity index (χ4n) is 0.984. The molecule has 1 heterocycles. The highest BCUT2D eigenvalue weighted by Gasteiger charge is 2.11. The van der Waals surface area contributed by atoms with E-state index in [1.165, 1.54) is 0 Å². The van der Waals surface area contributed by atoms with Gasteiger partial charge in [0.25, 0.3) is 0 Å². The first-order valence-corrected chi connectivity index (χ1v) is 4.79. The van der Waals surface area contributed by atoms with E-state index >= 15 is 0 Å². The molecular weight excluding hydrogens is 194 g/mol. The first kappa shape index (κ1) is 11.5. The van der Waals surface area contributed by atoms with Gasteiger partial charge in [-0.2, -0.15) is 0 Å². The van der Waals surface area contributed by atoms with E-state index in [1.54, 1.807) is 25.3 Å². The largest absolute Gasteiger partial charge is 0.476 e. The molecule has 1 rings (SSSR count). The molecule has 0 fully saturated rings. The van der Waals surface area contributed by atoms with Crippen molar-refractivity contribution >= 4 is 11.6 Å². The molecule has 1 aromatic rings. The van der Waals surface area contributed by atoms with Crippen molar-refractivity contribution < 1.29 is 9.53 Å². The fraction of sp³-hybridized carbons (Fsp3) is 0.400. The zero-order valence-corrected chi connectivity index (χ0v) is 8.86. The van der Waals surface area contributed by atoms with E-state index in [-0.39, 0.29) is 5.91 Å². The van der Waals surface area contributed by atoms with E-state index in [2.05, 4.69) is 10.3 Å². The lowest BCUT2D eigenvalue weighted by Crippen LogP contribution is -2.32. The Bertz CT molecular complexity index is 339. The number of nitrogens with zero attached hydrogens (tertiary/aromatic N) is 1. The van der Waals surface area contributed by atoms with Crippen LogP contribution >= 0.6 is 0 Å². The van der Waals surface area contributed by atoms with E-state index in [0.29, 0.717) is 18.2 Å². The molecule has 5 heteroatoms. The lowest BCUT2D eigenvalue weighted by atomic mass is 10.3. The summed E-state index contributed by atoms with van der Waals surface area (Å²) in [6.45, 7) is 3.97. The number of rotatable bonds is 4. The lowest BCUT2D eigenvalue weighted by Gasteiger charge is -2.11. The van der Waals surface area contributed by atoms with Gasteiger partial charge in [-0.25, -0.2) is 4.98 Å². The summed E-state index contributed by atoms with van der Waals surface area (Å²) >= 11 is 0. The molecule has 1 atom stereocenters. The van der Waals surface area contributed by atoms with Gasteiger partial charge < -0.3 is 15.8 Å². The Morgan fingerprint density at radius 1 is 1.73 bits per heavy atom. The number of nitrogens with two attached hydrogens (primary N) is 1. The van der Waals surface area contributed by atoms with Crippen molar-refractivity contribution in [3.8, 4) is 5.88 Å². The Kier molecular flexibility index (Phi) is 4.05. The Balaban J connectivity index is 2.79. The van der Waals surface area contributed by atoms with Gasteiger partial charge in [0.1, 0.15) is 5.69 Å². The van der Waals surface area contributed by atoms with E-state index in [1.807, 2.05) is 6.92 Å². The molecule has 0 aliphatic carbocycles. The highest BCUT2D eigenvalue weighted by Crippen LogP contribution is 2.20. The third-order valence-corrected chi connectivity index (χ3v) is 1.72. The summed E-state index contributed by atoms with van der Waals surface area (Å²) < 4.78 is 5.25. The maximum atomic E-state index is 11.3. The maximum absolute atomic E-state index is 11.3. The van der Waals surface area contributed by atoms with Crippen molar-refractivity contribution in [1.82, 2.24) is 4.98 Å². The number of hydrogen-bond donors (Lipinski definition) is 2. The molecule has 0 unspecified atom stereocenters. The van der Waals surface area contributed by atoms with Crippen LogP contribution in [0.5, 0.6) is 5.88 Å². The quantitative estimate of drug-likeness (QED) is 0.767. The van der Waals surface area contributed by atoms with Crippen LogP contribution < -0.4 is 15.8 Å². The van der Waals surface area contributed by atoms with Crippen LogP contribution in [0.15, 0.2) is 18.3 Å². The minimum absolute atomic E-state index is 0.260. The van der Waals surface area contributed by atoms with Crippen molar-refractivity contribution in [1.29, 1.82) is 0 Å². The molecule has 0 saturated heterocycles. The standard InChI is InChI=1S/C10H15N3O2/c1-3-15-10-8(5-4-6-12-10)13-9(14)7(2)11/h4-7H,3,11H2,1-2H3,(H,13,14)/t7-/m1/s1. The van der Waals surface area contributed by atoms with Gasteiger partial charge in [-0.05, 0) is 26.0 Å². The van der Waals surface area contributed by atoms with Gasteiger partial charge in [0.15, 0.2) is 0 Å². The van der Waals surface area contributed by atoms with Gasteiger partial charge in [-0.1, -0.05) is 0 Å². The Labute approximate surface area is 88.6 Å². The van der Waals surface area contributed by atoms with Gasteiger partial charge in [0, 0.05) is 6.20 Å². The molecule has 0 aromatic carbocycles. The number of aromatic nitrogens is 1. The van der Waals surface area contributed by atoms with Crippen LogP contribution in [-0.2, 0) is 4.79 Å². The van der Waals surface area contributed by atoms with Crippen molar-refractivity contribution in [3.05, 3.63) is 18.3 Å². The molecule has 3 N–H and O–H groups in total. The normalized spacial score (nSPS) is 11.9. The second kappa shape index (κ2) is 5.31. The van der Waals surface area contributed by atoms with Crippen molar-refractivity contribution in [2.75, 3.05) is 11.9 Å². The predicted octanol–water partition coefficient (Wildman–Crippen LogP) is 0.766. The minimum atomic E-state index is -0.556. The first-order chi connectivity index (χ1) is 7.15. The zero-order chi connectivity index (χ0) is 11.3. The molecule has 0 aliphatic rings. The molecule has 82 valence electrons. The van der Waals surface area contributed by atoms with Crippen LogP contribution in [0.3, 0.4) is 0 Å². The molecule has 0 radical (unpaired) electrons. The third kappa shape index (κ3) is 3.21. The number of hydrogen-bond acceptors (Lipinski definition) is 4. The predicted molar refractivity (Wildman–Crippen MR) is 57.7 cm³/mol. The molecule has 1 aromatic heterocycles. The number of carbonyl (C=O) groups excluding carboxylic acids is 1. The highest BCUT2D eigenvalue weighted by molar-refractivity contribution is 5.95. The average Bonchev–Trinajstić information content (AvgIpc) is 2.21. The van der Waals surface area contributed by atoms with Gasteiger partial charge in [-0.3, -0.25) is 4.79 Å². The van der Waals surface area contributed by atoms with E-state index in [4.69, 9.17) is 10.5 Å². The molecule has 0 aliphatic heterocycles. The van der Waals surface area contributed by atoms with Crippen LogP contribution in [0.25, 0.3) is 0 Å². The molecule has 0 bridgehead atoms. The fourth-order valence-corrected chi connectivity index (χ4v) is 0.984. The zero-order valence-electron chi connectivity index (χ0n) is 8.86. The number of anilines is 1. The van der Waals surface area contributed by atoms with Crippen molar-refractivity contribution in [2.45, 2.75) is 19.9 Å². The molecule has 5 nitrogen and oxygen atoms in total. The van der Waals surface area contributed by atoms with E-state index in [9.17, 15) is 4.79 Å². The molecule has 1 amide bonds. The van der Waals surface area contributed by atoms with Crippen LogP contribution in [-0.4, -0.2) is 23.5 Å². The summed E-state index contributed by atoms with van der Waals surface area (Å²) in [7, 11) is 0. The number of nitrogens with one attached hydrogen (secondary N) is 1. The van der Waals surface area contributed by atoms with Crippen LogP contribution in [0.2, 0.25) is 0 Å². The molecule has 0 saturated carbocycles. The Hall–Kier alpha value is -1.62. The maximum Gasteiger partial charge on any atom is 0.241 e. The summed E-state index contributed by atoms with van der Waals surface area (Å²) in [5.41, 5.74) is 5.98. The topological polar surface area (TPSA) is 77.2 Å². The monoisotopic (exact) mass is 209 g/mol. The SMILES string of the molecule is CCOc1ncccc1NC(=O)[C@@H](C)N. The second-order valence-electron chi connectivity index (χ2n) is 3.07. The number of amides is 1. The molecule has 15 heavy (non-hydrogen) atoms. The number of ether oxygens (including phenoxy) is 1. The highest BCUT2D eigenvalue weighted by atomic mass is 16.5. The van der Waals surface area contributed by atoms with Gasteiger partial charge in [0.05, 0.1) is 12.6 Å². The summed E-state index contributed by atoms with van der Waals surface area (Å²) in [5.74, 6) is 0.151. The summed E-state index contributed by atoms with van der Waals surface area (Å²) in [5, 5.41) is 2.64. The van der Waals surface area contributed by atoms with E-state index < -0.39 is 6.04 Å².